The second-order valence-electron chi connectivity index (χ2n) is 14.2. The molecule has 0 bridgehead atoms. The van der Waals surface area contributed by atoms with Crippen LogP contribution < -0.4 is 11.1 Å². The van der Waals surface area contributed by atoms with Crippen LogP contribution in [0.5, 0.6) is 0 Å². The maximum atomic E-state index is 13.6. The topological polar surface area (TPSA) is 154 Å². The number of aromatic nitrogens is 2. The highest BCUT2D eigenvalue weighted by Gasteiger charge is 2.71. The monoisotopic (exact) mass is 666 g/mol. The lowest BCUT2D eigenvalue weighted by Gasteiger charge is -2.61. The van der Waals surface area contributed by atoms with Crippen molar-refractivity contribution in [3.05, 3.63) is 52.9 Å². The molecule has 4 N–H and O–H groups in total. The number of carbonyl (C=O) groups excluding carboxylic acids is 4. The number of nitrogens with one attached hydrogen (secondary N) is 1. The van der Waals surface area contributed by atoms with Crippen molar-refractivity contribution in [1.29, 1.82) is 0 Å². The van der Waals surface area contributed by atoms with E-state index in [1.54, 1.807) is 25.1 Å². The van der Waals surface area contributed by atoms with Gasteiger partial charge in [-0.1, -0.05) is 39.3 Å². The summed E-state index contributed by atoms with van der Waals surface area (Å²) in [5.41, 5.74) is 6.76. The molecule has 6 rings (SSSR count). The van der Waals surface area contributed by atoms with Crippen molar-refractivity contribution >= 4 is 40.7 Å². The van der Waals surface area contributed by atoms with Crippen LogP contribution in [0.4, 0.5) is 4.39 Å². The van der Waals surface area contributed by atoms with E-state index in [1.165, 1.54) is 5.57 Å². The number of fused-ring (bicyclic) bond motifs is 6. The molecule has 3 saturated carbocycles. The number of aliphatic hydroxyl groups is 1. The van der Waals surface area contributed by atoms with Crippen LogP contribution in [0.15, 0.2) is 36.0 Å². The van der Waals surface area contributed by atoms with Crippen LogP contribution in [0.25, 0.3) is 11.8 Å². The van der Waals surface area contributed by atoms with Crippen molar-refractivity contribution in [2.75, 3.05) is 12.6 Å². The second kappa shape index (κ2) is 12.2. The van der Waals surface area contributed by atoms with Crippen LogP contribution in [0.3, 0.4) is 0 Å². The van der Waals surface area contributed by atoms with E-state index in [1.807, 2.05) is 23.9 Å². The molecule has 0 aliphatic heterocycles. The molecule has 0 spiro atoms. The van der Waals surface area contributed by atoms with Gasteiger partial charge in [-0.25, -0.2) is 9.07 Å². The summed E-state index contributed by atoms with van der Waals surface area (Å²) >= 11 is 0.558. The van der Waals surface area contributed by atoms with Gasteiger partial charge in [0, 0.05) is 17.4 Å². The van der Waals surface area contributed by atoms with Crippen LogP contribution in [-0.2, 0) is 25.5 Å². The summed E-state index contributed by atoms with van der Waals surface area (Å²) in [5, 5.41) is 18.9. The van der Waals surface area contributed by atoms with Crippen LogP contribution in [0.1, 0.15) is 81.4 Å². The lowest BCUT2D eigenvalue weighted by atomic mass is 9.44. The highest BCUT2D eigenvalue weighted by atomic mass is 32.2. The maximum absolute atomic E-state index is 13.6. The molecule has 3 fully saturated rings. The number of hydrogen-bond donors (Lipinski definition) is 3. The number of ether oxygens (including phenoxy) is 1. The summed E-state index contributed by atoms with van der Waals surface area (Å²) in [7, 11) is 0. The minimum Gasteiger partial charge on any atom is -0.449 e. The van der Waals surface area contributed by atoms with Crippen molar-refractivity contribution in [3.63, 3.8) is 0 Å². The minimum atomic E-state index is -1.47. The lowest BCUT2D eigenvalue weighted by molar-refractivity contribution is -0.197. The number of thioether (sulfide) groups is 1. The van der Waals surface area contributed by atoms with Crippen molar-refractivity contribution in [1.82, 2.24) is 15.1 Å². The Labute approximate surface area is 278 Å². The van der Waals surface area contributed by atoms with Crippen LogP contribution in [0, 0.1) is 34.5 Å². The first-order chi connectivity index (χ1) is 22.3. The van der Waals surface area contributed by atoms with Gasteiger partial charge in [-0.3, -0.25) is 19.2 Å². The van der Waals surface area contributed by atoms with Crippen molar-refractivity contribution in [3.8, 4) is 5.69 Å². The molecule has 12 heteroatoms. The van der Waals surface area contributed by atoms with Gasteiger partial charge in [-0.15, -0.1) is 0 Å². The van der Waals surface area contributed by atoms with E-state index in [2.05, 4.69) is 25.2 Å². The molecule has 8 atom stereocenters. The number of primary amides is 1. The summed E-state index contributed by atoms with van der Waals surface area (Å²) < 4.78 is 21.3. The van der Waals surface area contributed by atoms with E-state index in [4.69, 9.17) is 15.6 Å². The van der Waals surface area contributed by atoms with Gasteiger partial charge < -0.3 is 20.9 Å². The Hall–Kier alpha value is -3.51. The molecule has 47 heavy (non-hydrogen) atoms. The van der Waals surface area contributed by atoms with Crippen molar-refractivity contribution in [2.45, 2.75) is 77.9 Å². The number of halogens is 1. The largest absolute Gasteiger partial charge is 0.449 e. The molecule has 2 aromatic rings. The molecular weight excluding hydrogens is 623 g/mol. The molecule has 4 aliphatic rings. The zero-order valence-electron chi connectivity index (χ0n) is 27.3. The zero-order chi connectivity index (χ0) is 33.9. The summed E-state index contributed by atoms with van der Waals surface area (Å²) in [5.74, 6) is -1.39. The average molecular weight is 667 g/mol. The van der Waals surface area contributed by atoms with E-state index in [-0.39, 0.29) is 48.5 Å². The molecule has 1 aromatic carbocycles. The van der Waals surface area contributed by atoms with Gasteiger partial charge in [0.25, 0.3) is 5.91 Å². The molecule has 2 amide bonds. The highest BCUT2D eigenvalue weighted by Crippen LogP contribution is 2.69. The third-order valence-electron chi connectivity index (χ3n) is 11.7. The van der Waals surface area contributed by atoms with Gasteiger partial charge in [0.1, 0.15) is 6.01 Å². The number of rotatable bonds is 8. The highest BCUT2D eigenvalue weighted by molar-refractivity contribution is 8.13. The molecular formula is C35H43FN4O6S. The van der Waals surface area contributed by atoms with E-state index >= 15 is 0 Å². The number of nitrogens with zero attached hydrogens (tertiary/aromatic N) is 2. The number of benzene rings is 1. The van der Waals surface area contributed by atoms with E-state index in [0.29, 0.717) is 42.3 Å². The van der Waals surface area contributed by atoms with Crippen LogP contribution >= 0.6 is 11.8 Å². The summed E-state index contributed by atoms with van der Waals surface area (Å²) in [6.45, 7) is 7.82. The van der Waals surface area contributed by atoms with Gasteiger partial charge in [-0.05, 0) is 103 Å². The molecule has 252 valence electrons. The second-order valence-corrected chi connectivity index (χ2v) is 15.1. The average Bonchev–Trinajstić information content (AvgIpc) is 3.56. The first kappa shape index (κ1) is 33.4. The lowest BCUT2D eigenvalue weighted by Crippen LogP contribution is -2.63. The molecule has 4 aliphatic carbocycles. The summed E-state index contributed by atoms with van der Waals surface area (Å²) in [4.78, 5) is 50.1. The SMILES string of the molecule is CCC(=O)O[C@]1(C(=O)SCF)CC[C@H]2[C@@H]3C[C@H](C)C4=Cc5c(cnn5-c5cccc(C(=O)NCC(N)=O)c5)C[C@]4(C)[C@H]3[C@@H](O)C[C@@]21C. The predicted octanol–water partition coefficient (Wildman–Crippen LogP) is 4.37. The smallest absolute Gasteiger partial charge is 0.306 e. The number of aliphatic hydroxyl groups excluding tert-OH is 1. The fourth-order valence-corrected chi connectivity index (χ4v) is 10.6. The van der Waals surface area contributed by atoms with Gasteiger partial charge in [0.2, 0.25) is 11.0 Å². The van der Waals surface area contributed by atoms with Crippen LogP contribution in [0.2, 0.25) is 0 Å². The molecule has 0 unspecified atom stereocenters. The Kier molecular flexibility index (Phi) is 8.65. The van der Waals surface area contributed by atoms with Crippen molar-refractivity contribution in [2.24, 2.45) is 40.2 Å². The predicted molar refractivity (Wildman–Crippen MR) is 175 cm³/mol. The van der Waals surface area contributed by atoms with Gasteiger partial charge >= 0.3 is 5.97 Å². The van der Waals surface area contributed by atoms with Gasteiger partial charge in [-0.2, -0.15) is 5.10 Å². The summed E-state index contributed by atoms with van der Waals surface area (Å²) in [6.07, 6.45) is 6.10. The number of esters is 1. The number of alkyl halides is 1. The standard InChI is InChI=1S/C35H43FN4O6S/c1-5-29(43)46-35(32(45)47-18-36)10-9-24-23-11-19(2)25-13-26-21(14-33(25,3)30(23)27(41)15-34(24,35)4)16-39-40(26)22-8-6-7-20(12-22)31(44)38-17-28(37)42/h6-8,12-13,16,19,23-24,27,30,41H,5,9-11,14-15,17-18H2,1-4H3,(H2,37,42)(H,38,44)/t19-,23-,24-,27-,30+,33-,34-,35-/m0/s1. The van der Waals surface area contributed by atoms with E-state index in [9.17, 15) is 28.7 Å². The molecule has 1 aromatic heterocycles. The Balaban J connectivity index is 1.34. The maximum Gasteiger partial charge on any atom is 0.306 e. The quantitative estimate of drug-likeness (QED) is 0.351. The number of nitrogens with two attached hydrogens (primary N) is 1. The zero-order valence-corrected chi connectivity index (χ0v) is 28.1. The van der Waals surface area contributed by atoms with E-state index < -0.39 is 46.0 Å². The first-order valence-corrected chi connectivity index (χ1v) is 17.4. The molecule has 1 heterocycles. The Morgan fingerprint density at radius 2 is 2.02 bits per heavy atom. The number of hydrogen-bond acceptors (Lipinski definition) is 8. The fraction of sp³-hybridized carbons (Fsp3) is 0.571. The van der Waals surface area contributed by atoms with Crippen LogP contribution in [-0.4, -0.2) is 62.0 Å². The minimum absolute atomic E-state index is 0.0121. The third kappa shape index (κ3) is 5.22. The summed E-state index contributed by atoms with van der Waals surface area (Å²) in [6, 6.07) is 6.13. The van der Waals surface area contributed by atoms with Gasteiger partial charge in [0.05, 0.1) is 30.2 Å². The molecule has 10 nitrogen and oxygen atoms in total. The van der Waals surface area contributed by atoms with Crippen molar-refractivity contribution < 1.29 is 33.4 Å². The Morgan fingerprint density at radius 3 is 2.72 bits per heavy atom. The number of carbonyl (C=O) groups is 4. The fourth-order valence-electron chi connectivity index (χ4n) is 9.84. The first-order valence-electron chi connectivity index (χ1n) is 16.4. The number of allylic oxidation sites excluding steroid dienone is 1. The molecule has 0 saturated heterocycles. The molecule has 0 radical (unpaired) electrons. The normalized spacial score (nSPS) is 33.8. The van der Waals surface area contributed by atoms with Gasteiger partial charge in [0.15, 0.2) is 5.60 Å². The Morgan fingerprint density at radius 1 is 1.26 bits per heavy atom. The Bertz CT molecular complexity index is 1660. The third-order valence-corrected chi connectivity index (χ3v) is 12.4. The van der Waals surface area contributed by atoms with E-state index in [0.717, 1.165) is 17.7 Å². The number of amides is 2.